The number of rotatable bonds is 2. The summed E-state index contributed by atoms with van der Waals surface area (Å²) in [6.07, 6.45) is 5.48. The van der Waals surface area contributed by atoms with Gasteiger partial charge in [0.25, 0.3) is 0 Å². The zero-order chi connectivity index (χ0) is 14.3. The number of terminal acetylenes is 1. The molecule has 1 aromatic carbocycles. The first kappa shape index (κ1) is 14.1. The number of hydrogen-bond donors (Lipinski definition) is 0. The number of hydrogen-bond acceptors (Lipinski definition) is 2. The van der Waals surface area contributed by atoms with Gasteiger partial charge in [0.15, 0.2) is 0 Å². The first-order chi connectivity index (χ1) is 8.77. The van der Waals surface area contributed by atoms with Gasteiger partial charge in [-0.05, 0) is 44.8 Å². The molecule has 4 heteroatoms. The van der Waals surface area contributed by atoms with Crippen molar-refractivity contribution in [2.75, 3.05) is 0 Å². The molecule has 1 saturated heterocycles. The van der Waals surface area contributed by atoms with Gasteiger partial charge < -0.3 is 9.31 Å². The van der Waals surface area contributed by atoms with Gasteiger partial charge in [0.1, 0.15) is 5.82 Å². The Morgan fingerprint density at radius 3 is 2.26 bits per heavy atom. The van der Waals surface area contributed by atoms with E-state index in [4.69, 9.17) is 15.7 Å². The molecule has 0 aliphatic carbocycles. The van der Waals surface area contributed by atoms with Crippen molar-refractivity contribution >= 4 is 12.6 Å². The highest BCUT2D eigenvalue weighted by atomic mass is 19.1. The summed E-state index contributed by atoms with van der Waals surface area (Å²) in [6, 6.07) is 4.93. The average Bonchev–Trinajstić information content (AvgIpc) is 2.51. The van der Waals surface area contributed by atoms with Gasteiger partial charge >= 0.3 is 7.12 Å². The van der Waals surface area contributed by atoms with Crippen LogP contribution in [0.25, 0.3) is 0 Å². The Labute approximate surface area is 114 Å². The minimum Gasteiger partial charge on any atom is -0.399 e. The molecule has 1 aromatic rings. The molecule has 1 aliphatic heterocycles. The van der Waals surface area contributed by atoms with Crippen LogP contribution in [0.3, 0.4) is 0 Å². The van der Waals surface area contributed by atoms with Gasteiger partial charge in [-0.15, -0.1) is 12.3 Å². The van der Waals surface area contributed by atoms with Crippen LogP contribution in [0.1, 0.15) is 33.3 Å². The van der Waals surface area contributed by atoms with Crippen LogP contribution in [-0.4, -0.2) is 18.3 Å². The van der Waals surface area contributed by atoms with E-state index in [-0.39, 0.29) is 12.2 Å². The van der Waals surface area contributed by atoms with Crippen molar-refractivity contribution < 1.29 is 13.7 Å². The van der Waals surface area contributed by atoms with E-state index in [2.05, 4.69) is 5.92 Å². The molecule has 0 spiro atoms. The molecule has 0 radical (unpaired) electrons. The summed E-state index contributed by atoms with van der Waals surface area (Å²) in [5, 5.41) is 0. The molecule has 1 fully saturated rings. The topological polar surface area (TPSA) is 18.5 Å². The smallest absolute Gasteiger partial charge is 0.399 e. The minimum absolute atomic E-state index is 0.287. The molecule has 2 nitrogen and oxygen atoms in total. The standard InChI is InChI=1S/C15H18BFO2/c1-6-7-11-8-9-12(10-13(11)17)16-18-14(2,3)15(4,5)19-16/h1,8-10H,7H2,2-5H3. The Bertz CT molecular complexity index is 515. The Kier molecular flexibility index (Phi) is 3.46. The lowest BCUT2D eigenvalue weighted by atomic mass is 9.78. The Balaban J connectivity index is 2.26. The van der Waals surface area contributed by atoms with Crippen LogP contribution in [0.2, 0.25) is 0 Å². The largest absolute Gasteiger partial charge is 0.494 e. The second-order valence-electron chi connectivity index (χ2n) is 5.82. The fraction of sp³-hybridized carbons (Fsp3) is 0.467. The molecule has 0 amide bonds. The molecule has 100 valence electrons. The van der Waals surface area contributed by atoms with E-state index in [1.807, 2.05) is 27.7 Å². The first-order valence-corrected chi connectivity index (χ1v) is 6.34. The molecule has 0 atom stereocenters. The lowest BCUT2D eigenvalue weighted by molar-refractivity contribution is 0.00578. The molecule has 19 heavy (non-hydrogen) atoms. The summed E-state index contributed by atoms with van der Waals surface area (Å²) in [6.45, 7) is 7.87. The fourth-order valence-corrected chi connectivity index (χ4v) is 1.94. The Morgan fingerprint density at radius 2 is 1.79 bits per heavy atom. The zero-order valence-corrected chi connectivity index (χ0v) is 11.8. The SMILES string of the molecule is C#CCc1ccc(B2OC(C)(C)C(C)(C)O2)cc1F. The van der Waals surface area contributed by atoms with Gasteiger partial charge in [-0.3, -0.25) is 0 Å². The van der Waals surface area contributed by atoms with E-state index < -0.39 is 18.3 Å². The second-order valence-corrected chi connectivity index (χ2v) is 5.82. The van der Waals surface area contributed by atoms with E-state index in [0.29, 0.717) is 11.0 Å². The second kappa shape index (κ2) is 4.66. The molecular formula is C15H18BFO2. The van der Waals surface area contributed by atoms with Crippen molar-refractivity contribution in [3.8, 4) is 12.3 Å². The van der Waals surface area contributed by atoms with Crippen LogP contribution in [-0.2, 0) is 15.7 Å². The summed E-state index contributed by atoms with van der Waals surface area (Å²) in [4.78, 5) is 0. The van der Waals surface area contributed by atoms with Crippen molar-refractivity contribution in [2.24, 2.45) is 0 Å². The molecule has 0 bridgehead atoms. The molecule has 2 rings (SSSR count). The van der Waals surface area contributed by atoms with E-state index in [1.165, 1.54) is 6.07 Å². The van der Waals surface area contributed by atoms with E-state index >= 15 is 0 Å². The molecule has 1 aliphatic rings. The predicted octanol–water partition coefficient (Wildman–Crippen LogP) is 2.30. The maximum atomic E-state index is 13.9. The zero-order valence-electron chi connectivity index (χ0n) is 11.8. The van der Waals surface area contributed by atoms with Gasteiger partial charge in [0.05, 0.1) is 11.2 Å². The van der Waals surface area contributed by atoms with Crippen LogP contribution in [0, 0.1) is 18.2 Å². The summed E-state index contributed by atoms with van der Waals surface area (Å²) in [7, 11) is -0.542. The van der Waals surface area contributed by atoms with Crippen molar-refractivity contribution in [1.29, 1.82) is 0 Å². The third-order valence-corrected chi connectivity index (χ3v) is 3.90. The van der Waals surface area contributed by atoms with Gasteiger partial charge in [0.2, 0.25) is 0 Å². The van der Waals surface area contributed by atoms with Crippen LogP contribution >= 0.6 is 0 Å². The van der Waals surface area contributed by atoms with Crippen LogP contribution in [0.4, 0.5) is 4.39 Å². The highest BCUT2D eigenvalue weighted by molar-refractivity contribution is 6.62. The number of benzene rings is 1. The van der Waals surface area contributed by atoms with Crippen molar-refractivity contribution in [3.05, 3.63) is 29.6 Å². The van der Waals surface area contributed by atoms with Crippen LogP contribution in [0.5, 0.6) is 0 Å². The van der Waals surface area contributed by atoms with Crippen molar-refractivity contribution in [2.45, 2.75) is 45.3 Å². The highest BCUT2D eigenvalue weighted by Gasteiger charge is 2.51. The van der Waals surface area contributed by atoms with Crippen molar-refractivity contribution in [1.82, 2.24) is 0 Å². The molecule has 0 aromatic heterocycles. The van der Waals surface area contributed by atoms with Crippen molar-refractivity contribution in [3.63, 3.8) is 0 Å². The van der Waals surface area contributed by atoms with E-state index in [9.17, 15) is 4.39 Å². The predicted molar refractivity (Wildman–Crippen MR) is 74.7 cm³/mol. The molecule has 0 saturated carbocycles. The average molecular weight is 260 g/mol. The Morgan fingerprint density at radius 1 is 1.21 bits per heavy atom. The molecular weight excluding hydrogens is 242 g/mol. The highest BCUT2D eigenvalue weighted by Crippen LogP contribution is 2.36. The molecule has 0 unspecified atom stereocenters. The first-order valence-electron chi connectivity index (χ1n) is 6.34. The third kappa shape index (κ3) is 2.54. The van der Waals surface area contributed by atoms with E-state index in [1.54, 1.807) is 12.1 Å². The summed E-state index contributed by atoms with van der Waals surface area (Å²) in [5.74, 6) is 2.12. The van der Waals surface area contributed by atoms with Crippen LogP contribution in [0.15, 0.2) is 18.2 Å². The van der Waals surface area contributed by atoms with Crippen LogP contribution < -0.4 is 5.46 Å². The van der Waals surface area contributed by atoms with Gasteiger partial charge in [-0.2, -0.15) is 0 Å². The normalized spacial score (nSPS) is 20.3. The number of halogens is 1. The van der Waals surface area contributed by atoms with E-state index in [0.717, 1.165) is 0 Å². The summed E-state index contributed by atoms with van der Waals surface area (Å²) in [5.41, 5.74) is 0.344. The summed E-state index contributed by atoms with van der Waals surface area (Å²) < 4.78 is 25.6. The molecule has 1 heterocycles. The monoisotopic (exact) mass is 260 g/mol. The maximum absolute atomic E-state index is 13.9. The summed E-state index contributed by atoms with van der Waals surface area (Å²) >= 11 is 0. The molecule has 0 N–H and O–H groups in total. The third-order valence-electron chi connectivity index (χ3n) is 3.90. The quantitative estimate of drug-likeness (QED) is 0.600. The van der Waals surface area contributed by atoms with Gasteiger partial charge in [-0.1, -0.05) is 12.1 Å². The van der Waals surface area contributed by atoms with Gasteiger partial charge in [0, 0.05) is 6.42 Å². The Hall–Kier alpha value is -1.31. The minimum atomic E-state index is -0.542. The fourth-order valence-electron chi connectivity index (χ4n) is 1.94. The van der Waals surface area contributed by atoms with Gasteiger partial charge in [-0.25, -0.2) is 4.39 Å². The maximum Gasteiger partial charge on any atom is 0.494 e. The lowest BCUT2D eigenvalue weighted by Gasteiger charge is -2.32. The lowest BCUT2D eigenvalue weighted by Crippen LogP contribution is -2.41.